The van der Waals surface area contributed by atoms with Crippen molar-refractivity contribution in [1.82, 2.24) is 24.9 Å². The zero-order chi connectivity index (χ0) is 15.9. The molecule has 1 amide bonds. The third-order valence-electron chi connectivity index (χ3n) is 4.75. The number of hydrogen-bond acceptors (Lipinski definition) is 5. The van der Waals surface area contributed by atoms with E-state index in [0.717, 1.165) is 25.3 Å². The topological polar surface area (TPSA) is 78.7 Å². The number of nitrogens with one attached hydrogen (secondary N) is 2. The van der Waals surface area contributed by atoms with Gasteiger partial charge in [-0.1, -0.05) is 6.07 Å². The first-order valence-corrected chi connectivity index (χ1v) is 7.86. The van der Waals surface area contributed by atoms with Gasteiger partial charge in [0.1, 0.15) is 5.65 Å². The molecule has 0 saturated carbocycles. The number of pyridine rings is 1. The van der Waals surface area contributed by atoms with Gasteiger partial charge in [0, 0.05) is 51.4 Å². The van der Waals surface area contributed by atoms with Gasteiger partial charge in [-0.3, -0.25) is 18.9 Å². The molecule has 0 bridgehead atoms. The number of aromatic nitrogens is 2. The Morgan fingerprint density at radius 1 is 1.26 bits per heavy atom. The number of carbonyl (C=O) groups is 1. The Balaban J connectivity index is 1.66. The Kier molecular flexibility index (Phi) is 3.39. The molecule has 1 spiro atoms. The van der Waals surface area contributed by atoms with Crippen LogP contribution >= 0.6 is 0 Å². The SMILES string of the molecule is O=C1CC2(CNC2)N(Cc2cc(=O)n3ccccc3n2)CCN1. The minimum atomic E-state index is -0.149. The molecule has 2 aliphatic rings. The summed E-state index contributed by atoms with van der Waals surface area (Å²) in [6, 6.07) is 7.11. The Morgan fingerprint density at radius 2 is 2.13 bits per heavy atom. The van der Waals surface area contributed by atoms with E-state index in [1.165, 1.54) is 4.40 Å². The predicted octanol–water partition coefficient (Wildman–Crippen LogP) is -0.642. The average Bonchev–Trinajstić information content (AvgIpc) is 2.66. The number of carbonyl (C=O) groups excluding carboxylic acids is 1. The van der Waals surface area contributed by atoms with Crippen molar-refractivity contribution in [3.8, 4) is 0 Å². The fourth-order valence-electron chi connectivity index (χ4n) is 3.43. The Hall–Kier alpha value is -2.25. The van der Waals surface area contributed by atoms with Crippen LogP contribution in [0.1, 0.15) is 12.1 Å². The molecule has 7 heteroatoms. The molecule has 0 aromatic carbocycles. The first-order valence-electron chi connectivity index (χ1n) is 7.86. The molecule has 0 aliphatic carbocycles. The number of fused-ring (bicyclic) bond motifs is 1. The van der Waals surface area contributed by atoms with Crippen LogP contribution in [0.15, 0.2) is 35.3 Å². The summed E-state index contributed by atoms with van der Waals surface area (Å²) in [5, 5.41) is 6.20. The highest BCUT2D eigenvalue weighted by molar-refractivity contribution is 5.78. The van der Waals surface area contributed by atoms with Gasteiger partial charge in [-0.2, -0.15) is 0 Å². The zero-order valence-corrected chi connectivity index (χ0v) is 12.8. The largest absolute Gasteiger partial charge is 0.355 e. The molecule has 4 heterocycles. The molecule has 23 heavy (non-hydrogen) atoms. The fourth-order valence-corrected chi connectivity index (χ4v) is 3.43. The summed E-state index contributed by atoms with van der Waals surface area (Å²) in [6.45, 7) is 3.58. The second kappa shape index (κ2) is 5.43. The average molecular weight is 313 g/mol. The van der Waals surface area contributed by atoms with Crippen molar-refractivity contribution in [2.24, 2.45) is 0 Å². The standard InChI is InChI=1S/C16H19N5O2/c22-14-8-16(10-17-11-16)20(6-4-18-14)9-12-7-15(23)21-5-2-1-3-13(21)19-12/h1-3,5,7,17H,4,6,8-11H2,(H,18,22). The van der Waals surface area contributed by atoms with Crippen LogP contribution < -0.4 is 16.2 Å². The second-order valence-corrected chi connectivity index (χ2v) is 6.29. The number of nitrogens with zero attached hydrogens (tertiary/aromatic N) is 3. The molecule has 2 fully saturated rings. The molecule has 2 aliphatic heterocycles. The summed E-state index contributed by atoms with van der Waals surface area (Å²) in [7, 11) is 0. The summed E-state index contributed by atoms with van der Waals surface area (Å²) in [5.41, 5.74) is 1.18. The van der Waals surface area contributed by atoms with E-state index >= 15 is 0 Å². The molecule has 2 aromatic heterocycles. The van der Waals surface area contributed by atoms with E-state index in [4.69, 9.17) is 0 Å². The lowest BCUT2D eigenvalue weighted by molar-refractivity contribution is -0.123. The summed E-state index contributed by atoms with van der Waals surface area (Å²) in [4.78, 5) is 31.0. The number of amides is 1. The van der Waals surface area contributed by atoms with Gasteiger partial charge in [-0.15, -0.1) is 0 Å². The molecule has 7 nitrogen and oxygen atoms in total. The molecule has 2 saturated heterocycles. The van der Waals surface area contributed by atoms with Crippen molar-refractivity contribution in [3.05, 3.63) is 46.5 Å². The normalized spacial score (nSPS) is 21.0. The van der Waals surface area contributed by atoms with E-state index in [0.29, 0.717) is 25.2 Å². The minimum absolute atomic E-state index is 0.0737. The lowest BCUT2D eigenvalue weighted by Crippen LogP contribution is -2.69. The maximum absolute atomic E-state index is 12.2. The van der Waals surface area contributed by atoms with Crippen molar-refractivity contribution < 1.29 is 4.79 Å². The number of hydrogen-bond donors (Lipinski definition) is 2. The molecular formula is C16H19N5O2. The minimum Gasteiger partial charge on any atom is -0.355 e. The van der Waals surface area contributed by atoms with Crippen molar-refractivity contribution in [2.45, 2.75) is 18.5 Å². The first-order chi connectivity index (χ1) is 11.2. The maximum Gasteiger partial charge on any atom is 0.258 e. The number of rotatable bonds is 2. The smallest absolute Gasteiger partial charge is 0.258 e. The molecular weight excluding hydrogens is 294 g/mol. The van der Waals surface area contributed by atoms with Crippen molar-refractivity contribution >= 4 is 11.6 Å². The van der Waals surface area contributed by atoms with Gasteiger partial charge < -0.3 is 10.6 Å². The van der Waals surface area contributed by atoms with E-state index < -0.39 is 0 Å². The van der Waals surface area contributed by atoms with E-state index in [1.54, 1.807) is 12.3 Å². The molecule has 2 aromatic rings. The first kappa shape index (κ1) is 14.3. The Morgan fingerprint density at radius 3 is 2.91 bits per heavy atom. The molecule has 4 rings (SSSR count). The molecule has 120 valence electrons. The van der Waals surface area contributed by atoms with Gasteiger partial charge in [-0.25, -0.2) is 4.98 Å². The van der Waals surface area contributed by atoms with Gasteiger partial charge >= 0.3 is 0 Å². The summed E-state index contributed by atoms with van der Waals surface area (Å²) >= 11 is 0. The van der Waals surface area contributed by atoms with Crippen LogP contribution in [0, 0.1) is 0 Å². The van der Waals surface area contributed by atoms with E-state index in [2.05, 4.69) is 20.5 Å². The van der Waals surface area contributed by atoms with Gasteiger partial charge in [-0.05, 0) is 12.1 Å². The summed E-state index contributed by atoms with van der Waals surface area (Å²) in [6.07, 6.45) is 2.22. The highest BCUT2D eigenvalue weighted by Crippen LogP contribution is 2.27. The molecule has 2 N–H and O–H groups in total. The van der Waals surface area contributed by atoms with E-state index in [-0.39, 0.29) is 17.0 Å². The zero-order valence-electron chi connectivity index (χ0n) is 12.8. The van der Waals surface area contributed by atoms with Gasteiger partial charge in [0.05, 0.1) is 11.2 Å². The van der Waals surface area contributed by atoms with Crippen LogP contribution in [0.5, 0.6) is 0 Å². The van der Waals surface area contributed by atoms with Gasteiger partial charge in [0.15, 0.2) is 0 Å². The highest BCUT2D eigenvalue weighted by atomic mass is 16.1. The van der Waals surface area contributed by atoms with Gasteiger partial charge in [0.25, 0.3) is 5.56 Å². The monoisotopic (exact) mass is 313 g/mol. The van der Waals surface area contributed by atoms with E-state index in [1.807, 2.05) is 18.2 Å². The molecule has 0 atom stereocenters. The second-order valence-electron chi connectivity index (χ2n) is 6.29. The van der Waals surface area contributed by atoms with Crippen LogP contribution in [0.3, 0.4) is 0 Å². The van der Waals surface area contributed by atoms with Crippen LogP contribution in [-0.2, 0) is 11.3 Å². The predicted molar refractivity (Wildman–Crippen MR) is 85.1 cm³/mol. The maximum atomic E-state index is 12.2. The third kappa shape index (κ3) is 2.51. The van der Waals surface area contributed by atoms with Crippen LogP contribution in [0.4, 0.5) is 0 Å². The quantitative estimate of drug-likeness (QED) is 0.771. The summed E-state index contributed by atoms with van der Waals surface area (Å²) in [5.74, 6) is 0.0977. The van der Waals surface area contributed by atoms with Gasteiger partial charge in [0.2, 0.25) is 5.91 Å². The van der Waals surface area contributed by atoms with Crippen LogP contribution in [0.25, 0.3) is 5.65 Å². The molecule has 0 unspecified atom stereocenters. The Labute approximate surface area is 133 Å². The van der Waals surface area contributed by atoms with Crippen molar-refractivity contribution in [2.75, 3.05) is 26.2 Å². The van der Waals surface area contributed by atoms with Crippen molar-refractivity contribution in [3.63, 3.8) is 0 Å². The third-order valence-corrected chi connectivity index (χ3v) is 4.75. The lowest BCUT2D eigenvalue weighted by atomic mass is 9.86. The fraction of sp³-hybridized carbons (Fsp3) is 0.438. The van der Waals surface area contributed by atoms with Crippen molar-refractivity contribution in [1.29, 1.82) is 0 Å². The van der Waals surface area contributed by atoms with E-state index in [9.17, 15) is 9.59 Å². The van der Waals surface area contributed by atoms with Crippen LogP contribution in [-0.4, -0.2) is 51.9 Å². The Bertz CT molecular complexity index is 811. The lowest BCUT2D eigenvalue weighted by Gasteiger charge is -2.49. The van der Waals surface area contributed by atoms with Crippen LogP contribution in [0.2, 0.25) is 0 Å². The highest BCUT2D eigenvalue weighted by Gasteiger charge is 2.45. The summed E-state index contributed by atoms with van der Waals surface area (Å²) < 4.78 is 1.54. The molecule has 0 radical (unpaired) electrons.